The van der Waals surface area contributed by atoms with Crippen molar-refractivity contribution in [1.29, 1.82) is 0 Å². The molecule has 0 spiro atoms. The number of Topliss-reactive ketones (excluding diaryl/α,β-unsaturated/α-hetero) is 1. The number of amides is 5. The second-order valence-electron chi connectivity index (χ2n) is 15.3. The van der Waals surface area contributed by atoms with E-state index in [0.29, 0.717) is 13.0 Å². The molecule has 1 unspecified atom stereocenters. The number of fused-ring (bicyclic) bond motifs is 1. The molecule has 1 aliphatic heterocycles. The molecule has 1 saturated carbocycles. The van der Waals surface area contributed by atoms with Crippen LogP contribution in [0.25, 0.3) is 0 Å². The van der Waals surface area contributed by atoms with Crippen LogP contribution in [0.5, 0.6) is 0 Å². The molecule has 6 atom stereocenters. The topological polar surface area (TPSA) is 180 Å². The maximum atomic E-state index is 14.4. The number of hydrogen-bond acceptors (Lipinski definition) is 8. The molecule has 0 aromatic carbocycles. The van der Waals surface area contributed by atoms with Gasteiger partial charge in [-0.05, 0) is 34.5 Å². The second kappa shape index (κ2) is 14.3. The number of carbonyl (C=O) groups is 6. The molecule has 1 saturated heterocycles. The van der Waals surface area contributed by atoms with Crippen LogP contribution < -0.4 is 21.3 Å². The van der Waals surface area contributed by atoms with Crippen molar-refractivity contribution in [2.24, 2.45) is 28.1 Å². The van der Waals surface area contributed by atoms with Gasteiger partial charge < -0.3 is 26.2 Å². The first-order chi connectivity index (χ1) is 21.8. The van der Waals surface area contributed by atoms with Gasteiger partial charge in [0.1, 0.15) is 23.8 Å². The molecule has 13 heteroatoms. The lowest BCUT2D eigenvalue weighted by Crippen LogP contribution is -2.63. The van der Waals surface area contributed by atoms with E-state index in [9.17, 15) is 28.8 Å². The van der Waals surface area contributed by atoms with Gasteiger partial charge in [0.25, 0.3) is 11.8 Å². The van der Waals surface area contributed by atoms with Gasteiger partial charge >= 0.3 is 0 Å². The van der Waals surface area contributed by atoms with Gasteiger partial charge in [-0.15, -0.1) is 6.58 Å². The zero-order valence-electron chi connectivity index (χ0n) is 29.1. The minimum Gasteiger partial charge on any atom is -0.346 e. The maximum Gasteiger partial charge on any atom is 0.289 e. The van der Waals surface area contributed by atoms with Crippen molar-refractivity contribution in [3.63, 3.8) is 0 Å². The highest BCUT2D eigenvalue weighted by Crippen LogP contribution is 2.65. The monoisotopic (exact) mass is 653 g/mol. The highest BCUT2D eigenvalue weighted by atomic mass is 16.2. The molecule has 3 rings (SSSR count). The smallest absolute Gasteiger partial charge is 0.289 e. The Hall–Kier alpha value is -4.16. The molecular formula is C34H51N7O6. The lowest BCUT2D eigenvalue weighted by Gasteiger charge is -2.39. The molecule has 2 aliphatic rings. The van der Waals surface area contributed by atoms with Gasteiger partial charge in [0.15, 0.2) is 0 Å². The van der Waals surface area contributed by atoms with E-state index in [2.05, 4.69) is 37.8 Å². The van der Waals surface area contributed by atoms with Crippen molar-refractivity contribution in [3.05, 3.63) is 36.9 Å². The Bertz CT molecular complexity index is 1380. The standard InChI is InChI=1S/C34H51N7O6/c1-11-13-20(24(42)29(45)37-14-12-2)38-28(44)23-22-19(34(22,9)10)18-41(23)31(47)26(33(6,7)8)40-30(46)25(32(3,4)5)39-27(43)21-17-35-15-16-36-21/h12,15-17,19-20,22-23,25-26H,2,11,13-14,18H2,1,3-10H3,(H,37,45)(H,38,44)(H,39,43)(H,40,46)/t19-,20?,22-,23-,25+,26+/m0/s1. The van der Waals surface area contributed by atoms with Crippen molar-refractivity contribution < 1.29 is 28.8 Å². The van der Waals surface area contributed by atoms with E-state index in [1.165, 1.54) is 29.6 Å². The lowest BCUT2D eigenvalue weighted by molar-refractivity contribution is -0.147. The Morgan fingerprint density at radius 2 is 1.64 bits per heavy atom. The van der Waals surface area contributed by atoms with Gasteiger partial charge in [-0.3, -0.25) is 33.8 Å². The average molecular weight is 654 g/mol. The van der Waals surface area contributed by atoms with E-state index in [0.717, 1.165) is 0 Å². The van der Waals surface area contributed by atoms with E-state index in [-0.39, 0.29) is 35.9 Å². The summed E-state index contributed by atoms with van der Waals surface area (Å²) in [6.45, 7) is 20.7. The third-order valence-corrected chi connectivity index (χ3v) is 9.20. The zero-order chi connectivity index (χ0) is 35.5. The SMILES string of the molecule is C=CCNC(=O)C(=O)C(CCC)NC(=O)[C@@H]1[C@@H]2[C@H](CN1C(=O)[C@@H](NC(=O)[C@@H](NC(=O)c1cnccn1)C(C)(C)C)C(C)(C)C)C2(C)C. The highest BCUT2D eigenvalue weighted by Gasteiger charge is 2.70. The number of likely N-dealkylation sites (tertiary alicyclic amines) is 1. The highest BCUT2D eigenvalue weighted by molar-refractivity contribution is 6.38. The quantitative estimate of drug-likeness (QED) is 0.184. The Morgan fingerprint density at radius 1 is 1.00 bits per heavy atom. The molecule has 47 heavy (non-hydrogen) atoms. The molecule has 5 amide bonds. The van der Waals surface area contributed by atoms with Crippen molar-refractivity contribution in [2.75, 3.05) is 13.1 Å². The van der Waals surface area contributed by atoms with Crippen LogP contribution in [0.4, 0.5) is 0 Å². The lowest BCUT2D eigenvalue weighted by atomic mass is 9.82. The predicted octanol–water partition coefficient (Wildman–Crippen LogP) is 1.79. The average Bonchev–Trinajstić information content (AvgIpc) is 3.30. The molecule has 258 valence electrons. The van der Waals surface area contributed by atoms with Gasteiger partial charge in [0, 0.05) is 25.5 Å². The van der Waals surface area contributed by atoms with Crippen LogP contribution in [0.3, 0.4) is 0 Å². The predicted molar refractivity (Wildman–Crippen MR) is 175 cm³/mol. The van der Waals surface area contributed by atoms with E-state index in [1.807, 2.05) is 41.5 Å². The molecule has 0 radical (unpaired) electrons. The first-order valence-corrected chi connectivity index (χ1v) is 16.2. The second-order valence-corrected chi connectivity index (χ2v) is 15.3. The molecule has 1 aromatic rings. The van der Waals surface area contributed by atoms with Crippen LogP contribution in [-0.2, 0) is 24.0 Å². The summed E-state index contributed by atoms with van der Waals surface area (Å²) >= 11 is 0. The molecule has 4 N–H and O–H groups in total. The first-order valence-electron chi connectivity index (χ1n) is 16.2. The molecule has 2 heterocycles. The van der Waals surface area contributed by atoms with Gasteiger partial charge in [0.2, 0.25) is 23.5 Å². The van der Waals surface area contributed by atoms with Crippen molar-refractivity contribution in [1.82, 2.24) is 36.1 Å². The van der Waals surface area contributed by atoms with Gasteiger partial charge in [-0.25, -0.2) is 4.98 Å². The van der Waals surface area contributed by atoms with E-state index < -0.39 is 70.3 Å². The number of carbonyl (C=O) groups excluding carboxylic acids is 6. The van der Waals surface area contributed by atoms with Crippen LogP contribution >= 0.6 is 0 Å². The Morgan fingerprint density at radius 3 is 2.17 bits per heavy atom. The van der Waals surface area contributed by atoms with Crippen LogP contribution in [0.1, 0.15) is 85.6 Å². The van der Waals surface area contributed by atoms with Crippen LogP contribution in [0.2, 0.25) is 0 Å². The summed E-state index contributed by atoms with van der Waals surface area (Å²) in [7, 11) is 0. The fourth-order valence-corrected chi connectivity index (χ4v) is 6.37. The summed E-state index contributed by atoms with van der Waals surface area (Å²) in [6, 6.07) is -4.05. The Balaban J connectivity index is 1.87. The van der Waals surface area contributed by atoms with E-state index in [1.54, 1.807) is 20.8 Å². The molecule has 2 fully saturated rings. The molecule has 0 bridgehead atoms. The third kappa shape index (κ3) is 8.41. The Labute approximate surface area is 277 Å². The van der Waals surface area contributed by atoms with Crippen molar-refractivity contribution in [3.8, 4) is 0 Å². The van der Waals surface area contributed by atoms with Crippen molar-refractivity contribution in [2.45, 2.75) is 99.3 Å². The van der Waals surface area contributed by atoms with Crippen LogP contribution in [0, 0.1) is 28.1 Å². The summed E-state index contributed by atoms with van der Waals surface area (Å²) in [6.07, 6.45) is 6.35. The number of nitrogens with one attached hydrogen (secondary N) is 4. The van der Waals surface area contributed by atoms with Crippen molar-refractivity contribution >= 4 is 35.3 Å². The van der Waals surface area contributed by atoms with E-state index in [4.69, 9.17) is 0 Å². The minimum atomic E-state index is -1.06. The molecule has 1 aromatic heterocycles. The largest absolute Gasteiger partial charge is 0.346 e. The summed E-state index contributed by atoms with van der Waals surface area (Å²) in [5.41, 5.74) is -1.69. The van der Waals surface area contributed by atoms with E-state index >= 15 is 0 Å². The third-order valence-electron chi connectivity index (χ3n) is 9.20. The number of rotatable bonds is 13. The summed E-state index contributed by atoms with van der Waals surface area (Å²) < 4.78 is 0. The number of nitrogens with zero attached hydrogens (tertiary/aromatic N) is 3. The number of aromatic nitrogens is 2. The minimum absolute atomic E-state index is 0.0448. The Kier molecular flexibility index (Phi) is 11.4. The van der Waals surface area contributed by atoms with Crippen LogP contribution in [-0.4, -0.2) is 87.4 Å². The van der Waals surface area contributed by atoms with Gasteiger partial charge in [-0.1, -0.05) is 74.8 Å². The molecule has 1 aliphatic carbocycles. The van der Waals surface area contributed by atoms with Gasteiger partial charge in [-0.2, -0.15) is 0 Å². The summed E-state index contributed by atoms with van der Waals surface area (Å²) in [5, 5.41) is 10.9. The molecular weight excluding hydrogens is 602 g/mol. The number of hydrogen-bond donors (Lipinski definition) is 4. The number of piperidine rings is 1. The summed E-state index contributed by atoms with van der Waals surface area (Å²) in [4.78, 5) is 90.0. The molecule has 13 nitrogen and oxygen atoms in total. The van der Waals surface area contributed by atoms with Crippen LogP contribution in [0.15, 0.2) is 31.2 Å². The summed E-state index contributed by atoms with van der Waals surface area (Å²) in [5.74, 6) is -3.80. The first kappa shape index (κ1) is 37.3. The zero-order valence-corrected chi connectivity index (χ0v) is 29.1. The fourth-order valence-electron chi connectivity index (χ4n) is 6.37. The number of ketones is 1. The fraction of sp³-hybridized carbons (Fsp3) is 0.647. The maximum absolute atomic E-state index is 14.4. The normalized spacial score (nSPS) is 21.7. The van der Waals surface area contributed by atoms with Gasteiger partial charge in [0.05, 0.1) is 12.2 Å².